The smallest absolute Gasteiger partial charge is 0.324 e. The fourth-order valence-electron chi connectivity index (χ4n) is 2.03. The molecule has 4 heteroatoms. The molecule has 0 bridgehead atoms. The van der Waals surface area contributed by atoms with Gasteiger partial charge in [-0.3, -0.25) is 4.79 Å². The number of carbonyl (C=O) groups excluding carboxylic acids is 1. The van der Waals surface area contributed by atoms with Gasteiger partial charge in [-0.2, -0.15) is 0 Å². The van der Waals surface area contributed by atoms with Gasteiger partial charge in [-0.15, -0.1) is 0 Å². The Bertz CT molecular complexity index is 231. The number of piperidine rings is 1. The van der Waals surface area contributed by atoms with Crippen LogP contribution in [0.25, 0.3) is 0 Å². The minimum atomic E-state index is -0.203. The molecule has 0 amide bonds. The Morgan fingerprint density at radius 3 is 2.44 bits per heavy atom. The molecule has 1 unspecified atom stereocenters. The summed E-state index contributed by atoms with van der Waals surface area (Å²) in [5, 5.41) is 3.00. The first-order valence-corrected chi connectivity index (χ1v) is 5.96. The summed E-state index contributed by atoms with van der Waals surface area (Å²) in [6.07, 6.45) is 2.40. The van der Waals surface area contributed by atoms with Crippen LogP contribution >= 0.6 is 0 Å². The summed E-state index contributed by atoms with van der Waals surface area (Å²) in [5.41, 5.74) is 0.455. The Kier molecular flexibility index (Phi) is 4.74. The van der Waals surface area contributed by atoms with E-state index in [9.17, 15) is 4.79 Å². The molecule has 0 spiro atoms. The van der Waals surface area contributed by atoms with Gasteiger partial charge in [-0.25, -0.2) is 0 Å². The molecule has 1 atom stereocenters. The maximum absolute atomic E-state index is 11.4. The number of methoxy groups -OCH3 is 1. The highest BCUT2D eigenvalue weighted by Gasteiger charge is 2.28. The molecule has 1 saturated heterocycles. The Labute approximate surface area is 98.3 Å². The normalized spacial score (nSPS) is 22.8. The van der Waals surface area contributed by atoms with Crippen LogP contribution in [0.1, 0.15) is 26.7 Å². The largest absolute Gasteiger partial charge is 0.468 e. The van der Waals surface area contributed by atoms with E-state index in [1.165, 1.54) is 20.0 Å². The third-order valence-corrected chi connectivity index (χ3v) is 3.48. The summed E-state index contributed by atoms with van der Waals surface area (Å²) in [6.45, 7) is 7.50. The van der Waals surface area contributed by atoms with Crippen LogP contribution in [0.15, 0.2) is 0 Å². The molecule has 1 aliphatic heterocycles. The van der Waals surface area contributed by atoms with E-state index in [-0.39, 0.29) is 12.0 Å². The lowest BCUT2D eigenvalue weighted by Gasteiger charge is -2.37. The second-order valence-electron chi connectivity index (χ2n) is 5.33. The van der Waals surface area contributed by atoms with Crippen molar-refractivity contribution in [1.29, 1.82) is 0 Å². The van der Waals surface area contributed by atoms with Crippen molar-refractivity contribution in [3.05, 3.63) is 0 Å². The number of hydrogen-bond acceptors (Lipinski definition) is 4. The van der Waals surface area contributed by atoms with Crippen LogP contribution in [0.2, 0.25) is 0 Å². The van der Waals surface area contributed by atoms with E-state index in [1.807, 2.05) is 0 Å². The highest BCUT2D eigenvalue weighted by Crippen LogP contribution is 2.29. The average molecular weight is 228 g/mol. The van der Waals surface area contributed by atoms with Gasteiger partial charge in [-0.05, 0) is 38.4 Å². The van der Waals surface area contributed by atoms with Crippen molar-refractivity contribution in [2.75, 3.05) is 33.8 Å². The van der Waals surface area contributed by atoms with Gasteiger partial charge in [0.2, 0.25) is 0 Å². The monoisotopic (exact) mass is 228 g/mol. The summed E-state index contributed by atoms with van der Waals surface area (Å²) in [4.78, 5) is 13.8. The van der Waals surface area contributed by atoms with E-state index < -0.39 is 0 Å². The van der Waals surface area contributed by atoms with Gasteiger partial charge in [-0.1, -0.05) is 13.8 Å². The molecule has 1 fully saturated rings. The van der Waals surface area contributed by atoms with Crippen molar-refractivity contribution >= 4 is 5.97 Å². The van der Waals surface area contributed by atoms with Gasteiger partial charge < -0.3 is 15.0 Å². The minimum absolute atomic E-state index is 0.174. The van der Waals surface area contributed by atoms with Gasteiger partial charge in [0, 0.05) is 6.54 Å². The van der Waals surface area contributed by atoms with E-state index in [1.54, 1.807) is 7.05 Å². The first-order valence-electron chi connectivity index (χ1n) is 5.96. The van der Waals surface area contributed by atoms with Crippen molar-refractivity contribution in [3.8, 4) is 0 Å². The number of nitrogens with one attached hydrogen (secondary N) is 1. The van der Waals surface area contributed by atoms with Gasteiger partial charge >= 0.3 is 5.97 Å². The summed E-state index contributed by atoms with van der Waals surface area (Å²) < 4.78 is 4.76. The predicted molar refractivity (Wildman–Crippen MR) is 64.3 cm³/mol. The van der Waals surface area contributed by atoms with Crippen molar-refractivity contribution < 1.29 is 9.53 Å². The van der Waals surface area contributed by atoms with Crippen LogP contribution in [-0.2, 0) is 9.53 Å². The maximum Gasteiger partial charge on any atom is 0.324 e. The van der Waals surface area contributed by atoms with Gasteiger partial charge in [0.25, 0.3) is 0 Å². The zero-order valence-corrected chi connectivity index (χ0v) is 10.9. The third kappa shape index (κ3) is 3.76. The van der Waals surface area contributed by atoms with E-state index >= 15 is 0 Å². The summed E-state index contributed by atoms with van der Waals surface area (Å²) in [7, 11) is 3.24. The van der Waals surface area contributed by atoms with Gasteiger partial charge in [0.1, 0.15) is 6.04 Å². The van der Waals surface area contributed by atoms with Crippen LogP contribution in [0.3, 0.4) is 0 Å². The summed E-state index contributed by atoms with van der Waals surface area (Å²) in [5.74, 6) is -0.174. The molecule has 0 aromatic carbocycles. The molecule has 0 saturated carbocycles. The van der Waals surface area contributed by atoms with Crippen LogP contribution in [0, 0.1) is 5.41 Å². The molecule has 1 heterocycles. The fraction of sp³-hybridized carbons (Fsp3) is 0.917. The van der Waals surface area contributed by atoms with E-state index in [4.69, 9.17) is 4.74 Å². The predicted octanol–water partition coefficient (Wildman–Crippen LogP) is 0.869. The van der Waals surface area contributed by atoms with Crippen LogP contribution in [0.5, 0.6) is 0 Å². The lowest BCUT2D eigenvalue weighted by atomic mass is 9.82. The number of carbonyl (C=O) groups is 1. The lowest BCUT2D eigenvalue weighted by molar-refractivity contribution is -0.143. The molecular weight excluding hydrogens is 204 g/mol. The summed E-state index contributed by atoms with van der Waals surface area (Å²) in [6, 6.07) is -0.203. The molecular formula is C12H24N2O2. The van der Waals surface area contributed by atoms with Crippen molar-refractivity contribution in [1.82, 2.24) is 10.2 Å². The van der Waals surface area contributed by atoms with Crippen molar-refractivity contribution in [2.45, 2.75) is 32.7 Å². The first-order chi connectivity index (χ1) is 7.48. The third-order valence-electron chi connectivity index (χ3n) is 3.48. The van der Waals surface area contributed by atoms with Crippen molar-refractivity contribution in [3.63, 3.8) is 0 Å². The quantitative estimate of drug-likeness (QED) is 0.725. The number of ether oxygens (including phenoxy) is 1. The standard InChI is InChI=1S/C12H24N2O2/c1-12(2)5-7-14(8-6-12)9-10(13-3)11(15)16-4/h10,13H,5-9H2,1-4H3. The highest BCUT2D eigenvalue weighted by molar-refractivity contribution is 5.75. The second kappa shape index (κ2) is 5.64. The van der Waals surface area contributed by atoms with Crippen molar-refractivity contribution in [2.24, 2.45) is 5.41 Å². The Morgan fingerprint density at radius 1 is 1.44 bits per heavy atom. The molecule has 1 aliphatic rings. The number of esters is 1. The fourth-order valence-corrected chi connectivity index (χ4v) is 2.03. The highest BCUT2D eigenvalue weighted by atomic mass is 16.5. The van der Waals surface area contributed by atoms with Gasteiger partial charge in [0.05, 0.1) is 7.11 Å². The first kappa shape index (κ1) is 13.5. The molecule has 0 aromatic rings. The zero-order valence-electron chi connectivity index (χ0n) is 10.9. The molecule has 1 N–H and O–H groups in total. The molecule has 1 rings (SSSR count). The van der Waals surface area contributed by atoms with Crippen LogP contribution in [-0.4, -0.2) is 50.7 Å². The second-order valence-corrected chi connectivity index (χ2v) is 5.33. The molecule has 16 heavy (non-hydrogen) atoms. The van der Waals surface area contributed by atoms with Crippen LogP contribution in [0.4, 0.5) is 0 Å². The van der Waals surface area contributed by atoms with Crippen LogP contribution < -0.4 is 5.32 Å². The number of likely N-dealkylation sites (N-methyl/N-ethyl adjacent to an activating group) is 1. The zero-order chi connectivity index (χ0) is 12.2. The number of hydrogen-bond donors (Lipinski definition) is 1. The SMILES string of the molecule is CNC(CN1CCC(C)(C)CC1)C(=O)OC. The Balaban J connectivity index is 2.40. The molecule has 0 radical (unpaired) electrons. The Morgan fingerprint density at radius 2 is 2.00 bits per heavy atom. The molecule has 0 aliphatic carbocycles. The lowest BCUT2D eigenvalue weighted by Crippen LogP contribution is -2.48. The van der Waals surface area contributed by atoms with E-state index in [2.05, 4.69) is 24.1 Å². The van der Waals surface area contributed by atoms with E-state index in [0.29, 0.717) is 5.41 Å². The average Bonchev–Trinajstić information content (AvgIpc) is 2.27. The molecule has 94 valence electrons. The number of likely N-dealkylation sites (tertiary alicyclic amines) is 1. The minimum Gasteiger partial charge on any atom is -0.468 e. The topological polar surface area (TPSA) is 41.6 Å². The number of rotatable bonds is 4. The maximum atomic E-state index is 11.4. The molecule has 4 nitrogen and oxygen atoms in total. The number of nitrogens with zero attached hydrogens (tertiary/aromatic N) is 1. The Hall–Kier alpha value is -0.610. The summed E-state index contributed by atoms with van der Waals surface area (Å²) >= 11 is 0. The molecule has 0 aromatic heterocycles. The van der Waals surface area contributed by atoms with Gasteiger partial charge in [0.15, 0.2) is 0 Å². The van der Waals surface area contributed by atoms with E-state index in [0.717, 1.165) is 19.6 Å².